The highest BCUT2D eigenvalue weighted by atomic mass is 16.2. The average molecular weight is 332 g/mol. The topological polar surface area (TPSA) is 44.1 Å². The maximum absolute atomic E-state index is 13.2. The van der Waals surface area contributed by atoms with Crippen molar-refractivity contribution in [2.24, 2.45) is 0 Å². The van der Waals surface area contributed by atoms with Crippen molar-refractivity contribution in [3.05, 3.63) is 59.7 Å². The maximum Gasteiger partial charge on any atom is 0.254 e. The highest BCUT2D eigenvalue weighted by molar-refractivity contribution is 6.01. The molecule has 0 heterocycles. The highest BCUT2D eigenvalue weighted by Gasteiger charge is 2.24. The summed E-state index contributed by atoms with van der Waals surface area (Å²) in [5.74, 6) is 0.0512. The van der Waals surface area contributed by atoms with Gasteiger partial charge < -0.3 is 4.90 Å². The van der Waals surface area contributed by atoms with E-state index in [0.717, 1.165) is 24.0 Å². The molecule has 0 saturated heterocycles. The Balaban J connectivity index is 1.95. The average Bonchev–Trinajstić information content (AvgIpc) is 2.96. The number of benzene rings is 2. The Hall–Kier alpha value is -2.60. The van der Waals surface area contributed by atoms with Gasteiger partial charge in [0.1, 0.15) is 0 Å². The molecule has 0 atom stereocenters. The van der Waals surface area contributed by atoms with E-state index in [-0.39, 0.29) is 5.91 Å². The summed E-state index contributed by atoms with van der Waals surface area (Å²) < 4.78 is 0. The van der Waals surface area contributed by atoms with Gasteiger partial charge in [0.2, 0.25) is 0 Å². The smallest absolute Gasteiger partial charge is 0.254 e. The Morgan fingerprint density at radius 1 is 0.960 bits per heavy atom. The molecule has 0 aromatic heterocycles. The molecule has 0 radical (unpaired) electrons. The maximum atomic E-state index is 13.2. The summed E-state index contributed by atoms with van der Waals surface area (Å²) in [6.45, 7) is 0. The van der Waals surface area contributed by atoms with E-state index >= 15 is 0 Å². The largest absolute Gasteiger partial charge is 0.339 e. The predicted octanol–water partition coefficient (Wildman–Crippen LogP) is 5.02. The van der Waals surface area contributed by atoms with Crippen LogP contribution in [0, 0.1) is 11.3 Å². The van der Waals surface area contributed by atoms with E-state index in [9.17, 15) is 10.1 Å². The fourth-order valence-electron chi connectivity index (χ4n) is 3.72. The van der Waals surface area contributed by atoms with Crippen LogP contribution >= 0.6 is 0 Å². The molecule has 25 heavy (non-hydrogen) atoms. The van der Waals surface area contributed by atoms with Crippen molar-refractivity contribution in [1.29, 1.82) is 5.26 Å². The van der Waals surface area contributed by atoms with Crippen molar-refractivity contribution in [3.8, 4) is 17.2 Å². The molecule has 0 N–H and O–H groups in total. The Morgan fingerprint density at radius 3 is 2.24 bits per heavy atom. The van der Waals surface area contributed by atoms with Gasteiger partial charge in [-0.25, -0.2) is 0 Å². The first-order valence-electron chi connectivity index (χ1n) is 9.08. The summed E-state index contributed by atoms with van der Waals surface area (Å²) in [6.07, 6.45) is 7.09. The second kappa shape index (κ2) is 7.98. The van der Waals surface area contributed by atoms with Crippen LogP contribution < -0.4 is 0 Å². The molecule has 3 nitrogen and oxygen atoms in total. The fraction of sp³-hybridized carbons (Fsp3) is 0.364. The Morgan fingerprint density at radius 2 is 1.56 bits per heavy atom. The summed E-state index contributed by atoms with van der Waals surface area (Å²) in [7, 11) is 1.92. The van der Waals surface area contributed by atoms with E-state index < -0.39 is 0 Å². The van der Waals surface area contributed by atoms with Crippen LogP contribution in [0.25, 0.3) is 11.1 Å². The number of nitrogens with zero attached hydrogens (tertiary/aromatic N) is 2. The summed E-state index contributed by atoms with van der Waals surface area (Å²) in [5, 5.41) is 9.41. The Labute approximate surface area is 149 Å². The standard InChI is InChI=1S/C22H24N2O/c1-24(18-11-4-2-3-5-12-18)22(25)21-15-9-8-14-20(21)19-13-7-6-10-17(19)16-23/h6-10,13-15,18H,2-5,11-12H2,1H3. The molecule has 0 aliphatic heterocycles. The Bertz CT molecular complexity index is 783. The van der Waals surface area contributed by atoms with Crippen molar-refractivity contribution in [2.75, 3.05) is 7.05 Å². The van der Waals surface area contributed by atoms with E-state index in [4.69, 9.17) is 0 Å². The van der Waals surface area contributed by atoms with Gasteiger partial charge in [-0.1, -0.05) is 62.1 Å². The molecule has 0 spiro atoms. The quantitative estimate of drug-likeness (QED) is 0.741. The number of rotatable bonds is 3. The van der Waals surface area contributed by atoms with Crippen molar-refractivity contribution in [1.82, 2.24) is 4.90 Å². The van der Waals surface area contributed by atoms with Crippen LogP contribution in [-0.2, 0) is 0 Å². The molecule has 0 bridgehead atoms. The van der Waals surface area contributed by atoms with Gasteiger partial charge in [0, 0.05) is 24.2 Å². The first-order chi connectivity index (χ1) is 12.2. The van der Waals surface area contributed by atoms with Gasteiger partial charge in [0.25, 0.3) is 5.91 Å². The molecule has 1 fully saturated rings. The minimum absolute atomic E-state index is 0.0512. The van der Waals surface area contributed by atoms with Crippen LogP contribution in [0.1, 0.15) is 54.4 Å². The molecule has 2 aromatic carbocycles. The molecule has 1 amide bonds. The number of nitriles is 1. The normalized spacial score (nSPS) is 15.2. The van der Waals surface area contributed by atoms with Gasteiger partial charge in [0.05, 0.1) is 11.6 Å². The molecular formula is C22H24N2O. The number of hydrogen-bond donors (Lipinski definition) is 0. The summed E-state index contributed by atoms with van der Waals surface area (Å²) in [5.41, 5.74) is 2.94. The first-order valence-corrected chi connectivity index (χ1v) is 9.08. The minimum Gasteiger partial charge on any atom is -0.339 e. The minimum atomic E-state index is 0.0512. The molecular weight excluding hydrogens is 308 g/mol. The van der Waals surface area contributed by atoms with Crippen molar-refractivity contribution < 1.29 is 4.79 Å². The highest BCUT2D eigenvalue weighted by Crippen LogP contribution is 2.29. The van der Waals surface area contributed by atoms with Crippen LogP contribution in [0.5, 0.6) is 0 Å². The molecule has 1 aliphatic rings. The van der Waals surface area contributed by atoms with Crippen LogP contribution in [0.3, 0.4) is 0 Å². The number of carbonyl (C=O) groups is 1. The SMILES string of the molecule is CN(C(=O)c1ccccc1-c1ccccc1C#N)C1CCCCCC1. The molecule has 2 aromatic rings. The van der Waals surface area contributed by atoms with E-state index in [2.05, 4.69) is 6.07 Å². The molecule has 3 heteroatoms. The van der Waals surface area contributed by atoms with Gasteiger partial charge in [-0.2, -0.15) is 5.26 Å². The summed E-state index contributed by atoms with van der Waals surface area (Å²) in [6, 6.07) is 17.6. The van der Waals surface area contributed by atoms with Crippen molar-refractivity contribution in [2.45, 2.75) is 44.6 Å². The van der Waals surface area contributed by atoms with Gasteiger partial charge >= 0.3 is 0 Å². The number of carbonyl (C=O) groups excluding carboxylic acids is 1. The van der Waals surface area contributed by atoms with Gasteiger partial charge in [-0.15, -0.1) is 0 Å². The van der Waals surface area contributed by atoms with E-state index in [0.29, 0.717) is 17.2 Å². The molecule has 3 rings (SSSR count). The van der Waals surface area contributed by atoms with Crippen LogP contribution in [0.15, 0.2) is 48.5 Å². The fourth-order valence-corrected chi connectivity index (χ4v) is 3.72. The lowest BCUT2D eigenvalue weighted by molar-refractivity contribution is 0.0718. The zero-order valence-electron chi connectivity index (χ0n) is 14.7. The monoisotopic (exact) mass is 332 g/mol. The lowest BCUT2D eigenvalue weighted by Crippen LogP contribution is -2.37. The van der Waals surface area contributed by atoms with Gasteiger partial charge in [-0.3, -0.25) is 4.79 Å². The third kappa shape index (κ3) is 3.74. The zero-order chi connectivity index (χ0) is 17.6. The number of hydrogen-bond acceptors (Lipinski definition) is 2. The zero-order valence-corrected chi connectivity index (χ0v) is 14.7. The van der Waals surface area contributed by atoms with Crippen LogP contribution in [0.4, 0.5) is 0 Å². The molecule has 0 unspecified atom stereocenters. The van der Waals surface area contributed by atoms with Gasteiger partial charge in [0.15, 0.2) is 0 Å². The third-order valence-corrected chi connectivity index (χ3v) is 5.19. The predicted molar refractivity (Wildman–Crippen MR) is 100 cm³/mol. The first kappa shape index (κ1) is 17.2. The van der Waals surface area contributed by atoms with E-state index in [1.807, 2.05) is 54.4 Å². The lowest BCUT2D eigenvalue weighted by Gasteiger charge is -2.28. The number of amides is 1. The Kier molecular flexibility index (Phi) is 5.50. The van der Waals surface area contributed by atoms with Crippen LogP contribution in [-0.4, -0.2) is 23.9 Å². The second-order valence-corrected chi connectivity index (χ2v) is 6.76. The van der Waals surface area contributed by atoms with E-state index in [1.165, 1.54) is 25.7 Å². The lowest BCUT2D eigenvalue weighted by atomic mass is 9.94. The summed E-state index contributed by atoms with van der Waals surface area (Å²) >= 11 is 0. The second-order valence-electron chi connectivity index (χ2n) is 6.76. The molecule has 128 valence electrons. The summed E-state index contributed by atoms with van der Waals surface area (Å²) in [4.78, 5) is 15.1. The van der Waals surface area contributed by atoms with Crippen LogP contribution in [0.2, 0.25) is 0 Å². The van der Waals surface area contributed by atoms with Crippen molar-refractivity contribution >= 4 is 5.91 Å². The third-order valence-electron chi connectivity index (χ3n) is 5.19. The molecule has 1 aliphatic carbocycles. The van der Waals surface area contributed by atoms with Gasteiger partial charge in [-0.05, 0) is 30.5 Å². The molecule has 1 saturated carbocycles. The van der Waals surface area contributed by atoms with E-state index in [1.54, 1.807) is 6.07 Å². The van der Waals surface area contributed by atoms with Crippen molar-refractivity contribution in [3.63, 3.8) is 0 Å².